The molecule has 8 heteroatoms. The van der Waals surface area contributed by atoms with E-state index in [2.05, 4.69) is 15.1 Å². The van der Waals surface area contributed by atoms with Crippen molar-refractivity contribution in [3.05, 3.63) is 18.3 Å². The summed E-state index contributed by atoms with van der Waals surface area (Å²) >= 11 is 0. The van der Waals surface area contributed by atoms with Crippen molar-refractivity contribution in [2.75, 3.05) is 31.3 Å². The minimum absolute atomic E-state index is 0.00233. The predicted molar refractivity (Wildman–Crippen MR) is 86.8 cm³/mol. The Morgan fingerprint density at radius 1 is 1.43 bits per heavy atom. The fourth-order valence-electron chi connectivity index (χ4n) is 3.29. The first-order valence-corrected chi connectivity index (χ1v) is 9.74. The number of aromatic nitrogens is 2. The van der Waals surface area contributed by atoms with Gasteiger partial charge >= 0.3 is 0 Å². The highest BCUT2D eigenvalue weighted by molar-refractivity contribution is 7.93. The Balaban J connectivity index is 1.73. The minimum atomic E-state index is -3.37. The molecule has 0 radical (unpaired) electrons. The van der Waals surface area contributed by atoms with E-state index in [0.29, 0.717) is 19.4 Å². The van der Waals surface area contributed by atoms with E-state index in [-0.39, 0.29) is 11.9 Å². The van der Waals surface area contributed by atoms with Crippen LogP contribution in [0.5, 0.6) is 0 Å². The van der Waals surface area contributed by atoms with Crippen LogP contribution in [0.15, 0.2) is 18.3 Å². The summed E-state index contributed by atoms with van der Waals surface area (Å²) in [6.45, 7) is 1.52. The molecule has 2 fully saturated rings. The average Bonchev–Trinajstić information content (AvgIpc) is 3.36. The maximum atomic E-state index is 12.7. The van der Waals surface area contributed by atoms with Crippen LogP contribution < -0.4 is 4.90 Å². The highest BCUT2D eigenvalue weighted by Gasteiger charge is 2.60. The summed E-state index contributed by atoms with van der Waals surface area (Å²) < 4.78 is 22.7. The summed E-state index contributed by atoms with van der Waals surface area (Å²) in [5.41, 5.74) is 0. The molecule has 1 aliphatic carbocycles. The summed E-state index contributed by atoms with van der Waals surface area (Å²) in [7, 11) is -1.65. The van der Waals surface area contributed by atoms with E-state index in [1.807, 2.05) is 12.1 Å². The van der Waals surface area contributed by atoms with Crippen LogP contribution in [-0.2, 0) is 14.6 Å². The first kappa shape index (κ1) is 16.2. The van der Waals surface area contributed by atoms with Crippen LogP contribution in [-0.4, -0.2) is 66.6 Å². The number of amides is 1. The van der Waals surface area contributed by atoms with Crippen molar-refractivity contribution in [1.29, 1.82) is 0 Å². The van der Waals surface area contributed by atoms with E-state index < -0.39 is 14.6 Å². The average molecular weight is 338 g/mol. The number of anilines is 1. The fraction of sp³-hybridized carbons (Fsp3) is 0.667. The molecular weight excluding hydrogens is 316 g/mol. The summed E-state index contributed by atoms with van der Waals surface area (Å²) in [4.78, 5) is 16.5. The third kappa shape index (κ3) is 2.91. The molecule has 1 saturated carbocycles. The minimum Gasteiger partial charge on any atom is -0.353 e. The standard InChI is InChI=1S/C15H22N4O3S/c1-18(14(20)15(7-8-15)23(2,21)22)12-5-4-10-19(11-12)13-6-3-9-16-17-13/h3,6,9,12H,4-5,7-8,10-11H2,1-2H3/t12-/m1/s1. The van der Waals surface area contributed by atoms with Crippen molar-refractivity contribution in [1.82, 2.24) is 15.1 Å². The topological polar surface area (TPSA) is 83.5 Å². The number of hydrogen-bond donors (Lipinski definition) is 0. The highest BCUT2D eigenvalue weighted by atomic mass is 32.2. The van der Waals surface area contributed by atoms with Gasteiger partial charge in [-0.1, -0.05) is 0 Å². The number of sulfone groups is 1. The smallest absolute Gasteiger partial charge is 0.244 e. The zero-order valence-electron chi connectivity index (χ0n) is 13.5. The molecule has 0 spiro atoms. The Morgan fingerprint density at radius 2 is 2.17 bits per heavy atom. The second kappa shape index (κ2) is 5.74. The highest BCUT2D eigenvalue weighted by Crippen LogP contribution is 2.45. The van der Waals surface area contributed by atoms with E-state index in [1.54, 1.807) is 18.1 Å². The van der Waals surface area contributed by atoms with Gasteiger partial charge in [-0.3, -0.25) is 4.79 Å². The van der Waals surface area contributed by atoms with E-state index in [9.17, 15) is 13.2 Å². The molecule has 1 aromatic heterocycles. The Hall–Kier alpha value is -1.70. The van der Waals surface area contributed by atoms with Gasteiger partial charge in [0.1, 0.15) is 0 Å². The Morgan fingerprint density at radius 3 is 2.74 bits per heavy atom. The van der Waals surface area contributed by atoms with Gasteiger partial charge in [0.25, 0.3) is 0 Å². The SMILES string of the molecule is CN(C(=O)C1(S(C)(=O)=O)CC1)[C@@H]1CCCN(c2cccnn2)C1. The molecule has 1 amide bonds. The molecule has 126 valence electrons. The number of piperidine rings is 1. The first-order valence-electron chi connectivity index (χ1n) is 7.85. The monoisotopic (exact) mass is 338 g/mol. The number of likely N-dealkylation sites (N-methyl/N-ethyl adjacent to an activating group) is 1. The van der Waals surface area contributed by atoms with Gasteiger partial charge in [-0.25, -0.2) is 8.42 Å². The van der Waals surface area contributed by atoms with Gasteiger partial charge in [-0.2, -0.15) is 5.10 Å². The Labute approximate surface area is 136 Å². The Kier molecular flexibility index (Phi) is 4.03. The third-order valence-electron chi connectivity index (χ3n) is 4.95. The molecule has 7 nitrogen and oxygen atoms in total. The van der Waals surface area contributed by atoms with Gasteiger partial charge in [-0.05, 0) is 37.8 Å². The molecule has 0 N–H and O–H groups in total. The summed E-state index contributed by atoms with van der Waals surface area (Å²) in [5.74, 6) is 0.535. The van der Waals surface area contributed by atoms with Crippen molar-refractivity contribution in [3.63, 3.8) is 0 Å². The lowest BCUT2D eigenvalue weighted by atomic mass is 10.0. The van der Waals surface area contributed by atoms with Crippen molar-refractivity contribution >= 4 is 21.6 Å². The lowest BCUT2D eigenvalue weighted by Gasteiger charge is -2.39. The molecule has 1 aromatic rings. The molecule has 23 heavy (non-hydrogen) atoms. The maximum absolute atomic E-state index is 12.7. The maximum Gasteiger partial charge on any atom is 0.244 e. The molecule has 2 heterocycles. The van der Waals surface area contributed by atoms with Gasteiger partial charge < -0.3 is 9.80 Å². The van der Waals surface area contributed by atoms with E-state index in [1.165, 1.54) is 6.26 Å². The molecule has 1 aliphatic heterocycles. The molecule has 3 rings (SSSR count). The van der Waals surface area contributed by atoms with Crippen molar-refractivity contribution in [2.24, 2.45) is 0 Å². The lowest BCUT2D eigenvalue weighted by molar-refractivity contribution is -0.132. The van der Waals surface area contributed by atoms with Crippen LogP contribution in [0.4, 0.5) is 5.82 Å². The predicted octanol–water partition coefficient (Wildman–Crippen LogP) is 0.481. The van der Waals surface area contributed by atoms with E-state index in [0.717, 1.165) is 25.2 Å². The van der Waals surface area contributed by atoms with Crippen LogP contribution >= 0.6 is 0 Å². The van der Waals surface area contributed by atoms with Crippen LogP contribution in [0.2, 0.25) is 0 Å². The quantitative estimate of drug-likeness (QED) is 0.794. The molecule has 1 atom stereocenters. The second-order valence-corrected chi connectivity index (χ2v) is 8.83. The molecule has 0 bridgehead atoms. The van der Waals surface area contributed by atoms with Crippen molar-refractivity contribution in [3.8, 4) is 0 Å². The van der Waals surface area contributed by atoms with Crippen LogP contribution in [0.1, 0.15) is 25.7 Å². The summed E-state index contributed by atoms with van der Waals surface area (Å²) in [5, 5.41) is 8.01. The molecule has 0 unspecified atom stereocenters. The van der Waals surface area contributed by atoms with Crippen molar-refractivity contribution < 1.29 is 13.2 Å². The van der Waals surface area contributed by atoms with Gasteiger partial charge in [0.2, 0.25) is 5.91 Å². The van der Waals surface area contributed by atoms with Crippen molar-refractivity contribution in [2.45, 2.75) is 36.5 Å². The number of carbonyl (C=O) groups excluding carboxylic acids is 1. The lowest BCUT2D eigenvalue weighted by Crippen LogP contribution is -2.53. The van der Waals surface area contributed by atoms with Crippen LogP contribution in [0, 0.1) is 0 Å². The van der Waals surface area contributed by atoms with Gasteiger partial charge in [-0.15, -0.1) is 5.10 Å². The number of nitrogens with zero attached hydrogens (tertiary/aromatic N) is 4. The number of carbonyl (C=O) groups is 1. The van der Waals surface area contributed by atoms with Crippen LogP contribution in [0.3, 0.4) is 0 Å². The second-order valence-electron chi connectivity index (χ2n) is 6.51. The molecule has 2 aliphatic rings. The van der Waals surface area contributed by atoms with Gasteiger partial charge in [0.05, 0.1) is 0 Å². The van der Waals surface area contributed by atoms with E-state index in [4.69, 9.17) is 0 Å². The summed E-state index contributed by atoms with van der Waals surface area (Å²) in [6, 6.07) is 3.73. The fourth-order valence-corrected chi connectivity index (χ4v) is 4.59. The van der Waals surface area contributed by atoms with E-state index >= 15 is 0 Å². The number of rotatable bonds is 4. The summed E-state index contributed by atoms with van der Waals surface area (Å²) in [6.07, 6.45) is 5.48. The Bertz CT molecular complexity index is 688. The molecular formula is C15H22N4O3S. The van der Waals surface area contributed by atoms with Gasteiger partial charge in [0, 0.05) is 38.6 Å². The van der Waals surface area contributed by atoms with Crippen LogP contribution in [0.25, 0.3) is 0 Å². The number of hydrogen-bond acceptors (Lipinski definition) is 6. The van der Waals surface area contributed by atoms with Gasteiger partial charge in [0.15, 0.2) is 20.4 Å². The molecule has 0 aromatic carbocycles. The zero-order valence-corrected chi connectivity index (χ0v) is 14.3. The largest absolute Gasteiger partial charge is 0.353 e. The third-order valence-corrected chi connectivity index (χ3v) is 6.95. The zero-order chi connectivity index (χ0) is 16.7. The normalized spacial score (nSPS) is 23.4. The first-order chi connectivity index (χ1) is 10.8. The molecule has 1 saturated heterocycles.